The minimum atomic E-state index is -0.407. The molecule has 1 aromatic carbocycles. The van der Waals surface area contributed by atoms with E-state index in [1.807, 2.05) is 26.0 Å². The molecule has 0 aromatic heterocycles. The summed E-state index contributed by atoms with van der Waals surface area (Å²) in [4.78, 5) is 10.1. The van der Waals surface area contributed by atoms with Crippen LogP contribution in [0.1, 0.15) is 38.3 Å². The van der Waals surface area contributed by atoms with Crippen LogP contribution in [0, 0.1) is 0 Å². The lowest BCUT2D eigenvalue weighted by molar-refractivity contribution is -0.509. The second-order valence-electron chi connectivity index (χ2n) is 4.50. The quantitative estimate of drug-likeness (QED) is 0.735. The van der Waals surface area contributed by atoms with Crippen molar-refractivity contribution < 1.29 is 14.9 Å². The van der Waals surface area contributed by atoms with Gasteiger partial charge in [0.2, 0.25) is 0 Å². The predicted octanol–water partition coefficient (Wildman–Crippen LogP) is 2.28. The average molecular weight is 221 g/mol. The Morgan fingerprint density at radius 2 is 2.19 bits per heavy atom. The Morgan fingerprint density at radius 3 is 2.69 bits per heavy atom. The summed E-state index contributed by atoms with van der Waals surface area (Å²) in [6, 6.07) is 5.41. The number of aryl methyl sites for hydroxylation is 1. The lowest BCUT2D eigenvalue weighted by Crippen LogP contribution is -2.49. The van der Waals surface area contributed by atoms with Crippen molar-refractivity contribution in [3.8, 4) is 5.75 Å². The predicted molar refractivity (Wildman–Crippen MR) is 58.9 cm³/mol. The van der Waals surface area contributed by atoms with Crippen LogP contribution >= 0.6 is 0 Å². The average Bonchev–Trinajstić information content (AvgIpc) is 2.29. The molecule has 2 unspecified atom stereocenters. The summed E-state index contributed by atoms with van der Waals surface area (Å²) < 4.78 is 0. The maximum absolute atomic E-state index is 11.6. The Bertz CT molecular complexity index is 389. The highest BCUT2D eigenvalue weighted by Crippen LogP contribution is 2.40. The summed E-state index contributed by atoms with van der Waals surface area (Å²) in [5.41, 5.74) is 1.48. The van der Waals surface area contributed by atoms with Gasteiger partial charge in [-0.25, -0.2) is 9.78 Å². The molecule has 0 bridgehead atoms. The molecule has 1 aromatic rings. The van der Waals surface area contributed by atoms with E-state index in [9.17, 15) is 5.11 Å². The lowest BCUT2D eigenvalue weighted by atomic mass is 9.88. The molecule has 3 nitrogen and oxygen atoms in total. The standard InChI is InChI=1S/C13H18O3/c1-4-5-10-8-11(6-7-12(10)14)13(3)9(2)15-16-13/h6-9,14H,4-5H2,1-3H3/p-1. The van der Waals surface area contributed by atoms with Gasteiger partial charge in [-0.1, -0.05) is 37.1 Å². The zero-order valence-electron chi connectivity index (χ0n) is 9.95. The molecular formula is C13H17O3-. The smallest absolute Gasteiger partial charge is 0.154 e. The van der Waals surface area contributed by atoms with E-state index in [4.69, 9.17) is 9.78 Å². The molecule has 3 heteroatoms. The first-order chi connectivity index (χ1) is 7.58. The minimum absolute atomic E-state index is 0.0273. The molecule has 1 saturated heterocycles. The summed E-state index contributed by atoms with van der Waals surface area (Å²) >= 11 is 0. The Kier molecular flexibility index (Phi) is 2.91. The Balaban J connectivity index is 2.32. The van der Waals surface area contributed by atoms with Crippen LogP contribution in [0.4, 0.5) is 0 Å². The minimum Gasteiger partial charge on any atom is -0.872 e. The van der Waals surface area contributed by atoms with Crippen molar-refractivity contribution in [1.29, 1.82) is 0 Å². The third-order valence-electron chi connectivity index (χ3n) is 3.29. The van der Waals surface area contributed by atoms with Gasteiger partial charge in [-0.05, 0) is 25.8 Å². The van der Waals surface area contributed by atoms with E-state index in [2.05, 4.69) is 6.92 Å². The molecule has 1 heterocycles. The van der Waals surface area contributed by atoms with Gasteiger partial charge in [0.15, 0.2) is 5.60 Å². The fourth-order valence-electron chi connectivity index (χ4n) is 1.92. The fraction of sp³-hybridized carbons (Fsp3) is 0.538. The van der Waals surface area contributed by atoms with E-state index < -0.39 is 5.60 Å². The van der Waals surface area contributed by atoms with E-state index in [1.54, 1.807) is 6.07 Å². The van der Waals surface area contributed by atoms with Crippen molar-refractivity contribution in [2.45, 2.75) is 45.3 Å². The monoisotopic (exact) mass is 221 g/mol. The van der Waals surface area contributed by atoms with Crippen molar-refractivity contribution in [3.63, 3.8) is 0 Å². The summed E-state index contributed by atoms with van der Waals surface area (Å²) in [6.07, 6.45) is 1.82. The first-order valence-corrected chi connectivity index (χ1v) is 5.73. The first-order valence-electron chi connectivity index (χ1n) is 5.73. The van der Waals surface area contributed by atoms with Gasteiger partial charge < -0.3 is 5.11 Å². The van der Waals surface area contributed by atoms with Crippen LogP contribution in [0.15, 0.2) is 18.2 Å². The second-order valence-corrected chi connectivity index (χ2v) is 4.50. The van der Waals surface area contributed by atoms with Gasteiger partial charge in [-0.2, -0.15) is 0 Å². The molecule has 0 spiro atoms. The molecule has 16 heavy (non-hydrogen) atoms. The van der Waals surface area contributed by atoms with Gasteiger partial charge in [-0.3, -0.25) is 0 Å². The highest BCUT2D eigenvalue weighted by atomic mass is 17.3. The molecule has 0 radical (unpaired) electrons. The zero-order valence-corrected chi connectivity index (χ0v) is 9.95. The second kappa shape index (κ2) is 4.07. The van der Waals surface area contributed by atoms with E-state index in [0.29, 0.717) is 0 Å². The van der Waals surface area contributed by atoms with E-state index in [0.717, 1.165) is 24.0 Å². The Hall–Kier alpha value is -1.06. The van der Waals surface area contributed by atoms with Crippen LogP contribution in [0.2, 0.25) is 0 Å². The zero-order chi connectivity index (χ0) is 11.8. The van der Waals surface area contributed by atoms with E-state index in [1.165, 1.54) is 0 Å². The van der Waals surface area contributed by atoms with Crippen molar-refractivity contribution in [1.82, 2.24) is 0 Å². The summed E-state index contributed by atoms with van der Waals surface area (Å²) in [5.74, 6) is 0.113. The molecule has 0 saturated carbocycles. The summed E-state index contributed by atoms with van der Waals surface area (Å²) in [7, 11) is 0. The van der Waals surface area contributed by atoms with E-state index in [-0.39, 0.29) is 11.9 Å². The largest absolute Gasteiger partial charge is 0.872 e. The summed E-state index contributed by atoms with van der Waals surface area (Å²) in [6.45, 7) is 6.02. The fourth-order valence-corrected chi connectivity index (χ4v) is 1.92. The van der Waals surface area contributed by atoms with Crippen molar-refractivity contribution in [2.24, 2.45) is 0 Å². The SMILES string of the molecule is CCCc1cc(C2(C)OOC2C)ccc1[O-]. The van der Waals surface area contributed by atoms with Crippen LogP contribution in [-0.4, -0.2) is 6.10 Å². The normalized spacial score (nSPS) is 28.8. The van der Waals surface area contributed by atoms with Crippen molar-refractivity contribution in [2.75, 3.05) is 0 Å². The Labute approximate surface area is 95.9 Å². The van der Waals surface area contributed by atoms with E-state index >= 15 is 0 Å². The number of benzene rings is 1. The highest BCUT2D eigenvalue weighted by molar-refractivity contribution is 5.38. The molecule has 0 N–H and O–H groups in total. The molecule has 2 rings (SSSR count). The third-order valence-corrected chi connectivity index (χ3v) is 3.29. The molecule has 1 fully saturated rings. The molecule has 88 valence electrons. The van der Waals surface area contributed by atoms with Crippen LogP contribution in [-0.2, 0) is 21.8 Å². The molecule has 1 aliphatic heterocycles. The lowest BCUT2D eigenvalue weighted by Gasteiger charge is -2.43. The van der Waals surface area contributed by atoms with Gasteiger partial charge >= 0.3 is 0 Å². The number of hydrogen-bond donors (Lipinski definition) is 0. The van der Waals surface area contributed by atoms with Gasteiger partial charge in [0.1, 0.15) is 6.10 Å². The van der Waals surface area contributed by atoms with Gasteiger partial charge in [0.05, 0.1) is 0 Å². The highest BCUT2D eigenvalue weighted by Gasteiger charge is 2.46. The summed E-state index contributed by atoms with van der Waals surface area (Å²) in [5, 5.41) is 11.6. The molecule has 1 aliphatic rings. The number of hydrogen-bond acceptors (Lipinski definition) is 3. The van der Waals surface area contributed by atoms with Crippen LogP contribution in [0.25, 0.3) is 0 Å². The maximum Gasteiger partial charge on any atom is 0.154 e. The number of rotatable bonds is 3. The molecule has 0 aliphatic carbocycles. The molecule has 2 atom stereocenters. The van der Waals surface area contributed by atoms with Crippen LogP contribution < -0.4 is 5.11 Å². The Morgan fingerprint density at radius 1 is 1.44 bits per heavy atom. The van der Waals surface area contributed by atoms with Crippen molar-refractivity contribution in [3.05, 3.63) is 29.3 Å². The van der Waals surface area contributed by atoms with Crippen molar-refractivity contribution >= 4 is 0 Å². The van der Waals surface area contributed by atoms with Gasteiger partial charge in [-0.15, -0.1) is 5.75 Å². The molecular weight excluding hydrogens is 204 g/mol. The molecule has 0 amide bonds. The van der Waals surface area contributed by atoms with Crippen LogP contribution in [0.5, 0.6) is 5.75 Å². The van der Waals surface area contributed by atoms with Gasteiger partial charge in [0, 0.05) is 0 Å². The first kappa shape index (κ1) is 11.4. The third kappa shape index (κ3) is 1.70. The topological polar surface area (TPSA) is 41.5 Å². The van der Waals surface area contributed by atoms with Crippen LogP contribution in [0.3, 0.4) is 0 Å². The van der Waals surface area contributed by atoms with Gasteiger partial charge in [0.25, 0.3) is 0 Å². The maximum atomic E-state index is 11.6.